The fourth-order valence-electron chi connectivity index (χ4n) is 1.22. The molecule has 78 valence electrons. The largest absolute Gasteiger partial charge is 0.472 e. The summed E-state index contributed by atoms with van der Waals surface area (Å²) in [4.78, 5) is 0. The number of halogens is 2. The van der Waals surface area contributed by atoms with Crippen molar-refractivity contribution in [3.8, 4) is 0 Å². The Morgan fingerprint density at radius 2 is 2.20 bits per heavy atom. The Bertz CT molecular complexity index is 442. The average molecular weight is 287 g/mol. The Morgan fingerprint density at radius 1 is 1.33 bits per heavy atom. The summed E-state index contributed by atoms with van der Waals surface area (Å²) in [6, 6.07) is 7.62. The molecule has 2 aromatic rings. The monoisotopic (exact) mass is 285 g/mol. The Labute approximate surface area is 101 Å². The third-order valence-electron chi connectivity index (χ3n) is 1.99. The number of anilines is 1. The van der Waals surface area contributed by atoms with E-state index < -0.39 is 0 Å². The fourth-order valence-corrected chi connectivity index (χ4v) is 1.77. The topological polar surface area (TPSA) is 25.2 Å². The molecule has 0 aliphatic heterocycles. The van der Waals surface area contributed by atoms with Gasteiger partial charge in [-0.05, 0) is 24.3 Å². The van der Waals surface area contributed by atoms with Gasteiger partial charge in [-0.1, -0.05) is 27.5 Å². The maximum absolute atomic E-state index is 6.03. The van der Waals surface area contributed by atoms with Crippen molar-refractivity contribution in [3.05, 3.63) is 51.9 Å². The molecule has 0 unspecified atom stereocenters. The van der Waals surface area contributed by atoms with Crippen molar-refractivity contribution in [1.82, 2.24) is 0 Å². The summed E-state index contributed by atoms with van der Waals surface area (Å²) >= 11 is 9.43. The van der Waals surface area contributed by atoms with E-state index in [0.29, 0.717) is 11.6 Å². The third kappa shape index (κ3) is 2.76. The van der Waals surface area contributed by atoms with Gasteiger partial charge < -0.3 is 9.73 Å². The Hall–Kier alpha value is -0.930. The predicted molar refractivity (Wildman–Crippen MR) is 65.2 cm³/mol. The first kappa shape index (κ1) is 10.6. The molecule has 0 spiro atoms. The van der Waals surface area contributed by atoms with Gasteiger partial charge in [0.2, 0.25) is 0 Å². The van der Waals surface area contributed by atoms with Crippen LogP contribution in [0.15, 0.2) is 45.7 Å². The highest BCUT2D eigenvalue weighted by molar-refractivity contribution is 9.10. The Kier molecular flexibility index (Phi) is 3.34. The molecule has 0 saturated heterocycles. The summed E-state index contributed by atoms with van der Waals surface area (Å²) in [5.74, 6) is 0. The van der Waals surface area contributed by atoms with Crippen molar-refractivity contribution in [3.63, 3.8) is 0 Å². The lowest BCUT2D eigenvalue weighted by Crippen LogP contribution is -1.98. The quantitative estimate of drug-likeness (QED) is 0.909. The zero-order valence-electron chi connectivity index (χ0n) is 7.84. The van der Waals surface area contributed by atoms with Gasteiger partial charge in [-0.3, -0.25) is 0 Å². The highest BCUT2D eigenvalue weighted by Crippen LogP contribution is 2.26. The zero-order chi connectivity index (χ0) is 10.7. The van der Waals surface area contributed by atoms with E-state index in [1.165, 1.54) is 0 Å². The molecule has 0 aliphatic rings. The molecule has 0 aliphatic carbocycles. The molecule has 1 aromatic carbocycles. The van der Waals surface area contributed by atoms with Crippen LogP contribution in [0.1, 0.15) is 5.56 Å². The van der Waals surface area contributed by atoms with Crippen molar-refractivity contribution in [2.45, 2.75) is 6.54 Å². The van der Waals surface area contributed by atoms with Crippen LogP contribution in [0.3, 0.4) is 0 Å². The second-order valence-corrected chi connectivity index (χ2v) is 4.43. The van der Waals surface area contributed by atoms with Gasteiger partial charge in [-0.2, -0.15) is 0 Å². The van der Waals surface area contributed by atoms with Crippen molar-refractivity contribution in [2.24, 2.45) is 0 Å². The van der Waals surface area contributed by atoms with Crippen LogP contribution >= 0.6 is 27.5 Å². The second kappa shape index (κ2) is 4.73. The maximum atomic E-state index is 6.03. The van der Waals surface area contributed by atoms with Crippen molar-refractivity contribution < 1.29 is 4.42 Å². The SMILES string of the molecule is Clc1ccc(Br)cc1NCc1ccoc1. The van der Waals surface area contributed by atoms with Gasteiger partial charge in [-0.15, -0.1) is 0 Å². The molecule has 1 N–H and O–H groups in total. The highest BCUT2D eigenvalue weighted by Gasteiger charge is 2.01. The highest BCUT2D eigenvalue weighted by atomic mass is 79.9. The summed E-state index contributed by atoms with van der Waals surface area (Å²) in [5.41, 5.74) is 2.00. The van der Waals surface area contributed by atoms with Crippen LogP contribution < -0.4 is 5.32 Å². The Balaban J connectivity index is 2.07. The minimum absolute atomic E-state index is 0.701. The lowest BCUT2D eigenvalue weighted by Gasteiger charge is -2.07. The summed E-state index contributed by atoms with van der Waals surface area (Å²) in [6.07, 6.45) is 3.36. The van der Waals surface area contributed by atoms with E-state index in [-0.39, 0.29) is 0 Å². The molecule has 0 radical (unpaired) electrons. The van der Waals surface area contributed by atoms with Gasteiger partial charge in [-0.25, -0.2) is 0 Å². The fraction of sp³-hybridized carbons (Fsp3) is 0.0909. The minimum atomic E-state index is 0.701. The van der Waals surface area contributed by atoms with E-state index in [1.54, 1.807) is 12.5 Å². The lowest BCUT2D eigenvalue weighted by atomic mass is 10.3. The third-order valence-corrected chi connectivity index (χ3v) is 2.81. The second-order valence-electron chi connectivity index (χ2n) is 3.11. The van der Waals surface area contributed by atoms with Crippen molar-refractivity contribution in [1.29, 1.82) is 0 Å². The van der Waals surface area contributed by atoms with Crippen LogP contribution in [0.4, 0.5) is 5.69 Å². The first-order valence-electron chi connectivity index (χ1n) is 4.46. The smallest absolute Gasteiger partial charge is 0.0952 e. The summed E-state index contributed by atoms with van der Waals surface area (Å²) in [5, 5.41) is 3.94. The molecule has 2 nitrogen and oxygen atoms in total. The first-order chi connectivity index (χ1) is 7.25. The van der Waals surface area contributed by atoms with Crippen LogP contribution in [0.5, 0.6) is 0 Å². The van der Waals surface area contributed by atoms with Gasteiger partial charge in [0, 0.05) is 16.6 Å². The molecule has 15 heavy (non-hydrogen) atoms. The maximum Gasteiger partial charge on any atom is 0.0952 e. The van der Waals surface area contributed by atoms with Gasteiger partial charge in [0.15, 0.2) is 0 Å². The number of hydrogen-bond acceptors (Lipinski definition) is 2. The zero-order valence-corrected chi connectivity index (χ0v) is 10.2. The van der Waals surface area contributed by atoms with Gasteiger partial charge in [0.05, 0.1) is 23.2 Å². The van der Waals surface area contributed by atoms with Crippen LogP contribution in [0, 0.1) is 0 Å². The van der Waals surface area contributed by atoms with E-state index in [1.807, 2.05) is 24.3 Å². The van der Waals surface area contributed by atoms with Crippen molar-refractivity contribution in [2.75, 3.05) is 5.32 Å². The number of rotatable bonds is 3. The first-order valence-corrected chi connectivity index (χ1v) is 5.63. The van der Waals surface area contributed by atoms with Crippen LogP contribution in [0.25, 0.3) is 0 Å². The molecule has 1 aromatic heterocycles. The normalized spacial score (nSPS) is 10.3. The molecule has 0 bridgehead atoms. The minimum Gasteiger partial charge on any atom is -0.472 e. The molecular formula is C11H9BrClNO. The van der Waals surface area contributed by atoms with Crippen LogP contribution in [0.2, 0.25) is 5.02 Å². The van der Waals surface area contributed by atoms with Crippen LogP contribution in [-0.4, -0.2) is 0 Å². The van der Waals surface area contributed by atoms with Crippen molar-refractivity contribution >= 4 is 33.2 Å². The number of hydrogen-bond donors (Lipinski definition) is 1. The number of furan rings is 1. The molecule has 0 fully saturated rings. The van der Waals surface area contributed by atoms with E-state index in [2.05, 4.69) is 21.2 Å². The van der Waals surface area contributed by atoms with E-state index in [0.717, 1.165) is 15.7 Å². The number of nitrogens with one attached hydrogen (secondary N) is 1. The average Bonchev–Trinajstić information content (AvgIpc) is 2.72. The summed E-state index contributed by atoms with van der Waals surface area (Å²) in [7, 11) is 0. The molecule has 1 heterocycles. The summed E-state index contributed by atoms with van der Waals surface area (Å²) < 4.78 is 5.98. The van der Waals surface area contributed by atoms with Gasteiger partial charge in [0.1, 0.15) is 0 Å². The van der Waals surface area contributed by atoms with Gasteiger partial charge in [0.25, 0.3) is 0 Å². The van der Waals surface area contributed by atoms with E-state index in [9.17, 15) is 0 Å². The predicted octanol–water partition coefficient (Wildman–Crippen LogP) is 4.31. The molecule has 4 heteroatoms. The summed E-state index contributed by atoms with van der Waals surface area (Å²) in [6.45, 7) is 0.701. The standard InChI is InChI=1S/C11H9BrClNO/c12-9-1-2-10(13)11(5-9)14-6-8-3-4-15-7-8/h1-5,7,14H,6H2. The van der Waals surface area contributed by atoms with E-state index in [4.69, 9.17) is 16.0 Å². The molecule has 0 atom stereocenters. The van der Waals surface area contributed by atoms with Crippen LogP contribution in [-0.2, 0) is 6.54 Å². The van der Waals surface area contributed by atoms with Gasteiger partial charge >= 0.3 is 0 Å². The van der Waals surface area contributed by atoms with E-state index >= 15 is 0 Å². The molecule has 0 amide bonds. The molecule has 2 rings (SSSR count). The lowest BCUT2D eigenvalue weighted by molar-refractivity contribution is 0.564. The Morgan fingerprint density at radius 3 is 2.93 bits per heavy atom. The number of benzene rings is 1. The molecule has 0 saturated carbocycles. The molecular weight excluding hydrogens is 277 g/mol.